The summed E-state index contributed by atoms with van der Waals surface area (Å²) in [7, 11) is 0. The monoisotopic (exact) mass is 316 g/mol. The lowest BCUT2D eigenvalue weighted by molar-refractivity contribution is 0.0932. The van der Waals surface area contributed by atoms with E-state index >= 15 is 0 Å². The zero-order chi connectivity index (χ0) is 12.4. The zero-order valence-corrected chi connectivity index (χ0v) is 11.6. The topological polar surface area (TPSA) is 55.1 Å². The molecule has 1 amide bonds. The molecule has 0 aliphatic heterocycles. The number of carbonyl (C=O) groups is 1. The van der Waals surface area contributed by atoms with E-state index < -0.39 is 0 Å². The van der Waals surface area contributed by atoms with Crippen LogP contribution < -0.4 is 11.1 Å². The van der Waals surface area contributed by atoms with Crippen LogP contribution in [0.3, 0.4) is 0 Å². The van der Waals surface area contributed by atoms with Crippen LogP contribution in [0.5, 0.6) is 0 Å². The fourth-order valence-electron chi connectivity index (χ4n) is 1.79. The van der Waals surface area contributed by atoms with Crippen molar-refractivity contribution in [3.63, 3.8) is 0 Å². The highest BCUT2D eigenvalue weighted by molar-refractivity contribution is 9.10. The van der Waals surface area contributed by atoms with E-state index in [0.717, 1.165) is 17.3 Å². The SMILES string of the molecule is NCC(NC(=O)c1cc(Cl)ccc1Br)C1CC1. The van der Waals surface area contributed by atoms with Crippen LogP contribution in [0.15, 0.2) is 22.7 Å². The van der Waals surface area contributed by atoms with Crippen LogP contribution in [0.4, 0.5) is 0 Å². The number of amides is 1. The number of nitrogens with one attached hydrogen (secondary N) is 1. The molecule has 5 heteroatoms. The first-order valence-electron chi connectivity index (χ1n) is 5.58. The van der Waals surface area contributed by atoms with E-state index in [9.17, 15) is 4.79 Å². The van der Waals surface area contributed by atoms with Crippen LogP contribution in [0, 0.1) is 5.92 Å². The minimum Gasteiger partial charge on any atom is -0.348 e. The van der Waals surface area contributed by atoms with Crippen molar-refractivity contribution in [1.82, 2.24) is 5.32 Å². The number of halogens is 2. The Morgan fingerprint density at radius 1 is 1.59 bits per heavy atom. The van der Waals surface area contributed by atoms with Crippen LogP contribution in [0.25, 0.3) is 0 Å². The molecule has 1 aromatic rings. The van der Waals surface area contributed by atoms with Crippen molar-refractivity contribution in [2.24, 2.45) is 11.7 Å². The van der Waals surface area contributed by atoms with Gasteiger partial charge in [-0.15, -0.1) is 0 Å². The Morgan fingerprint density at radius 3 is 2.88 bits per heavy atom. The molecule has 0 bridgehead atoms. The van der Waals surface area contributed by atoms with E-state index in [4.69, 9.17) is 17.3 Å². The van der Waals surface area contributed by atoms with Crippen molar-refractivity contribution in [1.29, 1.82) is 0 Å². The van der Waals surface area contributed by atoms with Gasteiger partial charge in [0.1, 0.15) is 0 Å². The largest absolute Gasteiger partial charge is 0.348 e. The molecule has 1 saturated carbocycles. The zero-order valence-electron chi connectivity index (χ0n) is 9.25. The summed E-state index contributed by atoms with van der Waals surface area (Å²) >= 11 is 9.23. The van der Waals surface area contributed by atoms with E-state index in [1.54, 1.807) is 18.2 Å². The molecule has 1 aliphatic carbocycles. The van der Waals surface area contributed by atoms with Gasteiger partial charge >= 0.3 is 0 Å². The Hall–Kier alpha value is -0.580. The number of benzene rings is 1. The molecular formula is C12H14BrClN2O. The van der Waals surface area contributed by atoms with Gasteiger partial charge in [0.15, 0.2) is 0 Å². The number of hydrogen-bond donors (Lipinski definition) is 2. The summed E-state index contributed by atoms with van der Waals surface area (Å²) in [5, 5.41) is 3.51. The summed E-state index contributed by atoms with van der Waals surface area (Å²) in [6.45, 7) is 0.481. The van der Waals surface area contributed by atoms with Gasteiger partial charge < -0.3 is 11.1 Å². The van der Waals surface area contributed by atoms with Crippen LogP contribution >= 0.6 is 27.5 Å². The fraction of sp³-hybridized carbons (Fsp3) is 0.417. The van der Waals surface area contributed by atoms with Gasteiger partial charge in [0.25, 0.3) is 5.91 Å². The van der Waals surface area contributed by atoms with E-state index in [1.807, 2.05) is 0 Å². The summed E-state index contributed by atoms with van der Waals surface area (Å²) in [5.41, 5.74) is 6.21. The molecule has 1 aliphatic rings. The molecule has 2 rings (SSSR count). The lowest BCUT2D eigenvalue weighted by atomic mass is 10.1. The Kier molecular flexibility index (Phi) is 4.07. The molecule has 0 saturated heterocycles. The molecule has 92 valence electrons. The molecule has 1 fully saturated rings. The molecule has 17 heavy (non-hydrogen) atoms. The molecule has 1 aromatic carbocycles. The van der Waals surface area contributed by atoms with E-state index in [0.29, 0.717) is 23.0 Å². The first-order chi connectivity index (χ1) is 8.11. The van der Waals surface area contributed by atoms with Gasteiger partial charge in [-0.1, -0.05) is 11.6 Å². The number of rotatable bonds is 4. The highest BCUT2D eigenvalue weighted by Gasteiger charge is 2.31. The van der Waals surface area contributed by atoms with Crippen molar-refractivity contribution in [2.75, 3.05) is 6.54 Å². The predicted molar refractivity (Wildman–Crippen MR) is 72.2 cm³/mol. The smallest absolute Gasteiger partial charge is 0.252 e. The highest BCUT2D eigenvalue weighted by atomic mass is 79.9. The maximum absolute atomic E-state index is 12.1. The summed E-state index contributed by atoms with van der Waals surface area (Å²) in [6.07, 6.45) is 2.30. The van der Waals surface area contributed by atoms with Gasteiger partial charge in [-0.05, 0) is 52.9 Å². The first kappa shape index (κ1) is 12.9. The molecular weight excluding hydrogens is 304 g/mol. The Morgan fingerprint density at radius 2 is 2.29 bits per heavy atom. The molecule has 1 atom stereocenters. The van der Waals surface area contributed by atoms with Crippen molar-refractivity contribution >= 4 is 33.4 Å². The van der Waals surface area contributed by atoms with Gasteiger partial charge in [0, 0.05) is 22.1 Å². The normalized spacial score (nSPS) is 16.6. The van der Waals surface area contributed by atoms with E-state index in [1.165, 1.54) is 0 Å². The molecule has 3 nitrogen and oxygen atoms in total. The lowest BCUT2D eigenvalue weighted by Crippen LogP contribution is -2.41. The number of hydrogen-bond acceptors (Lipinski definition) is 2. The third-order valence-corrected chi connectivity index (χ3v) is 3.86. The van der Waals surface area contributed by atoms with Crippen molar-refractivity contribution in [3.05, 3.63) is 33.3 Å². The van der Waals surface area contributed by atoms with Crippen LogP contribution in [0.1, 0.15) is 23.2 Å². The predicted octanol–water partition coefficient (Wildman–Crippen LogP) is 2.57. The van der Waals surface area contributed by atoms with E-state index in [2.05, 4.69) is 21.2 Å². The maximum atomic E-state index is 12.1. The Bertz CT molecular complexity index is 435. The van der Waals surface area contributed by atoms with E-state index in [-0.39, 0.29) is 11.9 Å². The second kappa shape index (κ2) is 5.38. The molecule has 3 N–H and O–H groups in total. The van der Waals surface area contributed by atoms with Crippen LogP contribution in [-0.2, 0) is 0 Å². The third-order valence-electron chi connectivity index (χ3n) is 2.93. The van der Waals surface area contributed by atoms with Gasteiger partial charge in [-0.2, -0.15) is 0 Å². The summed E-state index contributed by atoms with van der Waals surface area (Å²) in [5.74, 6) is 0.420. The van der Waals surface area contributed by atoms with Gasteiger partial charge in [-0.3, -0.25) is 4.79 Å². The molecule has 0 aromatic heterocycles. The van der Waals surface area contributed by atoms with Gasteiger partial charge in [0.05, 0.1) is 5.56 Å². The second-order valence-corrected chi connectivity index (χ2v) is 5.57. The Balaban J connectivity index is 2.10. The minimum absolute atomic E-state index is 0.0772. The van der Waals surface area contributed by atoms with Crippen molar-refractivity contribution in [3.8, 4) is 0 Å². The quantitative estimate of drug-likeness (QED) is 0.897. The third kappa shape index (κ3) is 3.21. The summed E-state index contributed by atoms with van der Waals surface area (Å²) in [4.78, 5) is 12.1. The minimum atomic E-state index is -0.123. The number of nitrogens with two attached hydrogens (primary N) is 1. The highest BCUT2D eigenvalue weighted by Crippen LogP contribution is 2.32. The average molecular weight is 318 g/mol. The molecule has 1 unspecified atom stereocenters. The van der Waals surface area contributed by atoms with Crippen LogP contribution in [-0.4, -0.2) is 18.5 Å². The van der Waals surface area contributed by atoms with Crippen LogP contribution in [0.2, 0.25) is 5.02 Å². The van der Waals surface area contributed by atoms with Gasteiger partial charge in [0.2, 0.25) is 0 Å². The lowest BCUT2D eigenvalue weighted by Gasteiger charge is -2.16. The van der Waals surface area contributed by atoms with Crippen molar-refractivity contribution < 1.29 is 4.79 Å². The van der Waals surface area contributed by atoms with Crippen molar-refractivity contribution in [2.45, 2.75) is 18.9 Å². The standard InChI is InChI=1S/C12H14BrClN2O/c13-10-4-3-8(14)5-9(10)12(17)16-11(6-15)7-1-2-7/h3-5,7,11H,1-2,6,15H2,(H,16,17). The first-order valence-corrected chi connectivity index (χ1v) is 6.75. The maximum Gasteiger partial charge on any atom is 0.252 e. The average Bonchev–Trinajstić information content (AvgIpc) is 3.13. The number of carbonyl (C=O) groups excluding carboxylic acids is 1. The van der Waals surface area contributed by atoms with Gasteiger partial charge in [-0.25, -0.2) is 0 Å². The molecule has 0 radical (unpaired) electrons. The fourth-order valence-corrected chi connectivity index (χ4v) is 2.38. The molecule has 0 spiro atoms. The molecule has 0 heterocycles. The second-order valence-electron chi connectivity index (χ2n) is 4.28. The Labute approximate surface area is 114 Å². The summed E-state index contributed by atoms with van der Waals surface area (Å²) < 4.78 is 0.742. The summed E-state index contributed by atoms with van der Waals surface area (Å²) in [6, 6.07) is 5.24.